The predicted molar refractivity (Wildman–Crippen MR) is 46.4 cm³/mol. The molecule has 0 nitrogen and oxygen atoms in total. The maximum Gasteiger partial charge on any atom is -0.0103 e. The summed E-state index contributed by atoms with van der Waals surface area (Å²) in [5.41, 5.74) is 7.27. The van der Waals surface area contributed by atoms with Gasteiger partial charge in [-0.2, -0.15) is 0 Å². The summed E-state index contributed by atoms with van der Waals surface area (Å²) in [6.07, 6.45) is 9.90. The van der Waals surface area contributed by atoms with Gasteiger partial charge in [0.05, 0.1) is 0 Å². The molecule has 0 atom stereocenters. The molecule has 0 unspecified atom stereocenters. The minimum absolute atomic E-state index is 1.38. The summed E-state index contributed by atoms with van der Waals surface area (Å²) in [6.45, 7) is 0. The lowest BCUT2D eigenvalue weighted by Crippen LogP contribution is -2.05. The Balaban J connectivity index is 1.93. The van der Waals surface area contributed by atoms with Crippen molar-refractivity contribution in [3.63, 3.8) is 0 Å². The van der Waals surface area contributed by atoms with Crippen LogP contribution in [-0.2, 0) is 0 Å². The monoisotopic (exact) mass is 146 g/mol. The van der Waals surface area contributed by atoms with Crippen molar-refractivity contribution in [3.05, 3.63) is 22.3 Å². The van der Waals surface area contributed by atoms with Crippen LogP contribution in [0.15, 0.2) is 22.3 Å². The normalized spacial score (nSPS) is 28.4. The van der Waals surface area contributed by atoms with Crippen molar-refractivity contribution in [3.8, 4) is 0 Å². The van der Waals surface area contributed by atoms with Crippen LogP contribution in [0.2, 0.25) is 0 Å². The standard InChI is InChI=1S/C11H14/c1-2-9-4-6-11(9)7-10-5-3-8(1)10/h1-7H2. The van der Waals surface area contributed by atoms with Gasteiger partial charge in [-0.15, -0.1) is 0 Å². The Morgan fingerprint density at radius 3 is 1.18 bits per heavy atom. The molecule has 0 aromatic heterocycles. The molecule has 3 aliphatic carbocycles. The van der Waals surface area contributed by atoms with Gasteiger partial charge >= 0.3 is 0 Å². The van der Waals surface area contributed by atoms with E-state index in [1.165, 1.54) is 44.9 Å². The summed E-state index contributed by atoms with van der Waals surface area (Å²) >= 11 is 0. The zero-order valence-electron chi connectivity index (χ0n) is 6.95. The van der Waals surface area contributed by atoms with Crippen LogP contribution in [0.25, 0.3) is 0 Å². The van der Waals surface area contributed by atoms with Crippen molar-refractivity contribution in [2.24, 2.45) is 0 Å². The van der Waals surface area contributed by atoms with Crippen LogP contribution in [0.1, 0.15) is 44.9 Å². The predicted octanol–water partition coefficient (Wildman–Crippen LogP) is 3.35. The summed E-state index contributed by atoms with van der Waals surface area (Å²) in [7, 11) is 0. The van der Waals surface area contributed by atoms with Gasteiger partial charge in [0.15, 0.2) is 0 Å². The molecule has 0 aromatic carbocycles. The van der Waals surface area contributed by atoms with Crippen molar-refractivity contribution in [1.29, 1.82) is 0 Å². The van der Waals surface area contributed by atoms with E-state index in [-0.39, 0.29) is 0 Å². The highest BCUT2D eigenvalue weighted by molar-refractivity contribution is 5.38. The van der Waals surface area contributed by atoms with Gasteiger partial charge in [0, 0.05) is 0 Å². The third-order valence-corrected chi connectivity index (χ3v) is 3.61. The van der Waals surface area contributed by atoms with E-state index in [0.29, 0.717) is 0 Å². The first-order valence-electron chi connectivity index (χ1n) is 4.83. The third-order valence-electron chi connectivity index (χ3n) is 3.61. The second kappa shape index (κ2) is 2.00. The molecule has 0 heteroatoms. The molecule has 0 aromatic rings. The van der Waals surface area contributed by atoms with Crippen LogP contribution in [0.5, 0.6) is 0 Å². The van der Waals surface area contributed by atoms with Crippen molar-refractivity contribution in [2.75, 3.05) is 0 Å². The molecule has 0 heterocycles. The second-order valence-corrected chi connectivity index (χ2v) is 4.09. The van der Waals surface area contributed by atoms with Gasteiger partial charge in [-0.3, -0.25) is 0 Å². The minimum Gasteiger partial charge on any atom is -0.0700 e. The lowest BCUT2D eigenvalue weighted by Gasteiger charge is -2.24. The first-order chi connectivity index (χ1) is 5.43. The SMILES string of the molecule is C1CC2=C(CC2)CC2=C1CC2. The summed E-state index contributed by atoms with van der Waals surface area (Å²) < 4.78 is 0. The first-order valence-corrected chi connectivity index (χ1v) is 4.83. The third kappa shape index (κ3) is 0.756. The average Bonchev–Trinajstić information content (AvgIpc) is 1.98. The number of hydrogen-bond acceptors (Lipinski definition) is 0. The molecule has 0 amide bonds. The Hall–Kier alpha value is -0.520. The quantitative estimate of drug-likeness (QED) is 0.460. The lowest BCUT2D eigenvalue weighted by atomic mass is 9.81. The van der Waals surface area contributed by atoms with Gasteiger partial charge in [0.2, 0.25) is 0 Å². The molecule has 0 saturated heterocycles. The fraction of sp³-hybridized carbons (Fsp3) is 0.636. The Morgan fingerprint density at radius 1 is 0.455 bits per heavy atom. The van der Waals surface area contributed by atoms with Gasteiger partial charge in [-0.25, -0.2) is 0 Å². The van der Waals surface area contributed by atoms with Gasteiger partial charge < -0.3 is 0 Å². The van der Waals surface area contributed by atoms with Crippen LogP contribution < -0.4 is 0 Å². The van der Waals surface area contributed by atoms with E-state index in [4.69, 9.17) is 0 Å². The fourth-order valence-corrected chi connectivity index (χ4v) is 2.55. The van der Waals surface area contributed by atoms with Crippen LogP contribution in [0.3, 0.4) is 0 Å². The molecule has 3 rings (SSSR count). The molecule has 3 aliphatic rings. The van der Waals surface area contributed by atoms with Crippen LogP contribution in [0, 0.1) is 0 Å². The maximum absolute atomic E-state index is 1.82. The molecule has 0 radical (unpaired) electrons. The fourth-order valence-electron chi connectivity index (χ4n) is 2.55. The number of allylic oxidation sites excluding steroid dienone is 4. The Labute approximate surface area is 68.0 Å². The molecule has 11 heavy (non-hydrogen) atoms. The molecular formula is C11H14. The highest BCUT2D eigenvalue weighted by atomic mass is 14.3. The van der Waals surface area contributed by atoms with Gasteiger partial charge in [-0.05, 0) is 44.9 Å². The minimum atomic E-state index is 1.38. The highest BCUT2D eigenvalue weighted by Crippen LogP contribution is 2.46. The van der Waals surface area contributed by atoms with E-state index < -0.39 is 0 Å². The van der Waals surface area contributed by atoms with Crippen molar-refractivity contribution in [2.45, 2.75) is 44.9 Å². The van der Waals surface area contributed by atoms with Crippen molar-refractivity contribution >= 4 is 0 Å². The van der Waals surface area contributed by atoms with Gasteiger partial charge in [-0.1, -0.05) is 22.3 Å². The zero-order chi connectivity index (χ0) is 7.26. The summed E-state index contributed by atoms with van der Waals surface area (Å²) in [5, 5.41) is 0. The molecule has 0 fully saturated rings. The number of rotatable bonds is 0. The Bertz CT molecular complexity index is 238. The first kappa shape index (κ1) is 6.05. The molecule has 0 aliphatic heterocycles. The maximum atomic E-state index is 1.82. The molecule has 0 bridgehead atoms. The van der Waals surface area contributed by atoms with E-state index in [2.05, 4.69) is 0 Å². The summed E-state index contributed by atoms with van der Waals surface area (Å²) in [5.74, 6) is 0. The van der Waals surface area contributed by atoms with E-state index in [0.717, 1.165) is 0 Å². The van der Waals surface area contributed by atoms with Crippen molar-refractivity contribution in [1.82, 2.24) is 0 Å². The van der Waals surface area contributed by atoms with Gasteiger partial charge in [0.25, 0.3) is 0 Å². The van der Waals surface area contributed by atoms with Crippen LogP contribution >= 0.6 is 0 Å². The molecule has 0 spiro atoms. The topological polar surface area (TPSA) is 0 Å². The second-order valence-electron chi connectivity index (χ2n) is 4.09. The smallest absolute Gasteiger partial charge is 0.0103 e. The summed E-state index contributed by atoms with van der Waals surface area (Å²) in [4.78, 5) is 0. The van der Waals surface area contributed by atoms with E-state index in [9.17, 15) is 0 Å². The molecule has 0 N–H and O–H groups in total. The molecule has 58 valence electrons. The molecular weight excluding hydrogens is 132 g/mol. The van der Waals surface area contributed by atoms with Crippen molar-refractivity contribution < 1.29 is 0 Å². The Kier molecular flexibility index (Phi) is 1.10. The van der Waals surface area contributed by atoms with E-state index in [1.807, 2.05) is 22.3 Å². The number of hydrogen-bond donors (Lipinski definition) is 0. The van der Waals surface area contributed by atoms with Crippen LogP contribution in [0.4, 0.5) is 0 Å². The highest BCUT2D eigenvalue weighted by Gasteiger charge is 2.26. The van der Waals surface area contributed by atoms with Gasteiger partial charge in [0.1, 0.15) is 0 Å². The van der Waals surface area contributed by atoms with E-state index >= 15 is 0 Å². The average molecular weight is 146 g/mol. The Morgan fingerprint density at radius 2 is 0.818 bits per heavy atom. The largest absolute Gasteiger partial charge is 0.0700 e. The van der Waals surface area contributed by atoms with E-state index in [1.54, 1.807) is 0 Å². The molecule has 0 saturated carbocycles. The summed E-state index contributed by atoms with van der Waals surface area (Å²) in [6, 6.07) is 0. The zero-order valence-corrected chi connectivity index (χ0v) is 6.95. The van der Waals surface area contributed by atoms with Crippen LogP contribution in [-0.4, -0.2) is 0 Å². The lowest BCUT2D eigenvalue weighted by molar-refractivity contribution is 0.723.